The van der Waals surface area contributed by atoms with Gasteiger partial charge in [-0.25, -0.2) is 4.98 Å². The first kappa shape index (κ1) is 8.47. The number of nitrogens with zero attached hydrogens (tertiary/aromatic N) is 2. The third-order valence-corrected chi connectivity index (χ3v) is 1.46. The summed E-state index contributed by atoms with van der Waals surface area (Å²) in [5.74, 6) is 0.640. The first-order valence-corrected chi connectivity index (χ1v) is 3.76. The topological polar surface area (TPSA) is 69.5 Å². The first-order valence-electron chi connectivity index (χ1n) is 3.76. The molecule has 0 aliphatic carbocycles. The lowest BCUT2D eigenvalue weighted by molar-refractivity contribution is 0.823. The van der Waals surface area contributed by atoms with E-state index in [9.17, 15) is 4.79 Å². The SMILES string of the molecule is CCCc1ncc(C#N)c(=O)[nH]1. The molecule has 0 aromatic carbocycles. The number of aryl methyl sites for hydroxylation is 1. The fourth-order valence-corrected chi connectivity index (χ4v) is 0.875. The predicted octanol–water partition coefficient (Wildman–Crippen LogP) is 0.594. The zero-order chi connectivity index (χ0) is 8.97. The van der Waals surface area contributed by atoms with Crippen molar-refractivity contribution in [3.05, 3.63) is 27.9 Å². The highest BCUT2D eigenvalue weighted by atomic mass is 16.1. The van der Waals surface area contributed by atoms with Crippen LogP contribution in [0.15, 0.2) is 11.0 Å². The van der Waals surface area contributed by atoms with Crippen LogP contribution in [-0.2, 0) is 6.42 Å². The molecule has 0 unspecified atom stereocenters. The number of aromatic amines is 1. The Balaban J connectivity index is 3.04. The van der Waals surface area contributed by atoms with Gasteiger partial charge in [-0.1, -0.05) is 6.92 Å². The molecule has 62 valence electrons. The second-order valence-electron chi connectivity index (χ2n) is 2.43. The molecule has 0 saturated carbocycles. The van der Waals surface area contributed by atoms with Crippen LogP contribution in [0.2, 0.25) is 0 Å². The normalized spacial score (nSPS) is 9.33. The maximum atomic E-state index is 11.0. The Morgan fingerprint density at radius 2 is 2.50 bits per heavy atom. The molecule has 0 aliphatic rings. The van der Waals surface area contributed by atoms with Gasteiger partial charge in [0.2, 0.25) is 0 Å². The molecule has 4 nitrogen and oxygen atoms in total. The molecule has 1 rings (SSSR count). The summed E-state index contributed by atoms with van der Waals surface area (Å²) in [4.78, 5) is 17.5. The van der Waals surface area contributed by atoms with Gasteiger partial charge in [0, 0.05) is 6.42 Å². The van der Waals surface area contributed by atoms with Gasteiger partial charge in [-0.2, -0.15) is 5.26 Å². The molecular weight excluding hydrogens is 154 g/mol. The summed E-state index contributed by atoms with van der Waals surface area (Å²) < 4.78 is 0. The number of aromatic nitrogens is 2. The van der Waals surface area contributed by atoms with Gasteiger partial charge in [-0.3, -0.25) is 4.79 Å². The van der Waals surface area contributed by atoms with Gasteiger partial charge in [0.25, 0.3) is 5.56 Å². The van der Waals surface area contributed by atoms with Crippen molar-refractivity contribution in [1.82, 2.24) is 9.97 Å². The number of nitriles is 1. The van der Waals surface area contributed by atoms with Crippen LogP contribution in [0.3, 0.4) is 0 Å². The molecule has 1 N–H and O–H groups in total. The van der Waals surface area contributed by atoms with Crippen LogP contribution >= 0.6 is 0 Å². The van der Waals surface area contributed by atoms with Gasteiger partial charge in [-0.05, 0) is 6.42 Å². The van der Waals surface area contributed by atoms with Crippen LogP contribution in [0.25, 0.3) is 0 Å². The summed E-state index contributed by atoms with van der Waals surface area (Å²) in [6.07, 6.45) is 2.97. The molecule has 0 atom stereocenters. The van der Waals surface area contributed by atoms with Crippen LogP contribution in [0, 0.1) is 11.3 Å². The van der Waals surface area contributed by atoms with Crippen molar-refractivity contribution in [2.45, 2.75) is 19.8 Å². The van der Waals surface area contributed by atoms with E-state index in [2.05, 4.69) is 9.97 Å². The molecule has 0 radical (unpaired) electrons. The van der Waals surface area contributed by atoms with E-state index in [-0.39, 0.29) is 11.1 Å². The summed E-state index contributed by atoms with van der Waals surface area (Å²) in [5, 5.41) is 8.43. The number of hydrogen-bond donors (Lipinski definition) is 1. The zero-order valence-electron chi connectivity index (χ0n) is 6.79. The molecule has 1 aromatic heterocycles. The second-order valence-corrected chi connectivity index (χ2v) is 2.43. The van der Waals surface area contributed by atoms with Gasteiger partial charge < -0.3 is 4.98 Å². The molecule has 0 saturated heterocycles. The smallest absolute Gasteiger partial charge is 0.268 e. The van der Waals surface area contributed by atoms with Crippen LogP contribution in [0.5, 0.6) is 0 Å². The Bertz CT molecular complexity index is 361. The van der Waals surface area contributed by atoms with Crippen LogP contribution in [0.1, 0.15) is 24.7 Å². The standard InChI is InChI=1S/C8H9N3O/c1-2-3-7-10-5-6(4-9)8(12)11-7/h5H,2-3H2,1H3,(H,10,11,12). The van der Waals surface area contributed by atoms with Crippen molar-refractivity contribution in [1.29, 1.82) is 5.26 Å². The average Bonchev–Trinajstić information content (AvgIpc) is 2.05. The lowest BCUT2D eigenvalue weighted by atomic mass is 10.3. The van der Waals surface area contributed by atoms with Gasteiger partial charge in [0.1, 0.15) is 17.5 Å². The Morgan fingerprint density at radius 1 is 1.75 bits per heavy atom. The number of hydrogen-bond acceptors (Lipinski definition) is 3. The van der Waals surface area contributed by atoms with Crippen molar-refractivity contribution in [3.63, 3.8) is 0 Å². The van der Waals surface area contributed by atoms with Gasteiger partial charge in [0.05, 0.1) is 6.20 Å². The Hall–Kier alpha value is -1.63. The molecule has 0 bridgehead atoms. The summed E-state index contributed by atoms with van der Waals surface area (Å²) in [6.45, 7) is 2.00. The van der Waals surface area contributed by atoms with E-state index >= 15 is 0 Å². The van der Waals surface area contributed by atoms with Crippen LogP contribution in [0.4, 0.5) is 0 Å². The van der Waals surface area contributed by atoms with E-state index in [1.165, 1.54) is 6.20 Å². The van der Waals surface area contributed by atoms with Crippen molar-refractivity contribution >= 4 is 0 Å². The second kappa shape index (κ2) is 3.67. The third kappa shape index (κ3) is 1.70. The molecule has 0 amide bonds. The van der Waals surface area contributed by atoms with E-state index in [1.54, 1.807) is 6.07 Å². The lowest BCUT2D eigenvalue weighted by Crippen LogP contribution is -2.13. The van der Waals surface area contributed by atoms with Crippen molar-refractivity contribution < 1.29 is 0 Å². The van der Waals surface area contributed by atoms with Gasteiger partial charge in [0.15, 0.2) is 0 Å². The lowest BCUT2D eigenvalue weighted by Gasteiger charge is -1.95. The summed E-state index contributed by atoms with van der Waals surface area (Å²) >= 11 is 0. The predicted molar refractivity (Wildman–Crippen MR) is 43.6 cm³/mol. The van der Waals surface area contributed by atoms with E-state index < -0.39 is 0 Å². The fraction of sp³-hybridized carbons (Fsp3) is 0.375. The molecule has 1 heterocycles. The maximum absolute atomic E-state index is 11.0. The zero-order valence-corrected chi connectivity index (χ0v) is 6.79. The first-order chi connectivity index (χ1) is 5.77. The van der Waals surface area contributed by atoms with E-state index in [0.29, 0.717) is 5.82 Å². The fourth-order valence-electron chi connectivity index (χ4n) is 0.875. The minimum atomic E-state index is -0.351. The molecule has 0 fully saturated rings. The Labute approximate surface area is 69.9 Å². The van der Waals surface area contributed by atoms with Crippen molar-refractivity contribution in [3.8, 4) is 6.07 Å². The van der Waals surface area contributed by atoms with Gasteiger partial charge in [-0.15, -0.1) is 0 Å². The summed E-state index contributed by atoms with van der Waals surface area (Å²) in [7, 11) is 0. The maximum Gasteiger partial charge on any atom is 0.268 e. The number of rotatable bonds is 2. The highest BCUT2D eigenvalue weighted by Gasteiger charge is 1.99. The largest absolute Gasteiger partial charge is 0.309 e. The Kier molecular flexibility index (Phi) is 2.59. The van der Waals surface area contributed by atoms with E-state index in [0.717, 1.165) is 12.8 Å². The van der Waals surface area contributed by atoms with Crippen LogP contribution < -0.4 is 5.56 Å². The Morgan fingerprint density at radius 3 is 3.00 bits per heavy atom. The summed E-state index contributed by atoms with van der Waals surface area (Å²) in [5.41, 5.74) is -0.286. The molecule has 0 aliphatic heterocycles. The highest BCUT2D eigenvalue weighted by molar-refractivity contribution is 5.21. The van der Waals surface area contributed by atoms with Crippen LogP contribution in [-0.4, -0.2) is 9.97 Å². The van der Waals surface area contributed by atoms with Crippen molar-refractivity contribution in [2.24, 2.45) is 0 Å². The summed E-state index contributed by atoms with van der Waals surface area (Å²) in [6, 6.07) is 1.76. The number of nitrogens with one attached hydrogen (secondary N) is 1. The minimum Gasteiger partial charge on any atom is -0.309 e. The molecule has 1 aromatic rings. The van der Waals surface area contributed by atoms with Gasteiger partial charge >= 0.3 is 0 Å². The van der Waals surface area contributed by atoms with Crippen molar-refractivity contribution in [2.75, 3.05) is 0 Å². The van der Waals surface area contributed by atoms with E-state index in [4.69, 9.17) is 5.26 Å². The molecule has 0 spiro atoms. The number of H-pyrrole nitrogens is 1. The highest BCUT2D eigenvalue weighted by Crippen LogP contribution is 1.92. The monoisotopic (exact) mass is 163 g/mol. The minimum absolute atomic E-state index is 0.0647. The third-order valence-electron chi connectivity index (χ3n) is 1.46. The molecular formula is C8H9N3O. The quantitative estimate of drug-likeness (QED) is 0.693. The average molecular weight is 163 g/mol. The van der Waals surface area contributed by atoms with E-state index in [1.807, 2.05) is 6.92 Å². The molecule has 12 heavy (non-hydrogen) atoms. The molecule has 4 heteroatoms.